The number of rotatable bonds is 12. The molecular formula is C20H34IN3O3. The van der Waals surface area contributed by atoms with E-state index in [2.05, 4.69) is 22.5 Å². The van der Waals surface area contributed by atoms with Gasteiger partial charge in [0.1, 0.15) is 5.75 Å². The van der Waals surface area contributed by atoms with Gasteiger partial charge < -0.3 is 24.8 Å². The lowest BCUT2D eigenvalue weighted by atomic mass is 10.1. The number of halogens is 1. The Balaban J connectivity index is 0.00000364. The highest BCUT2D eigenvalue weighted by atomic mass is 127. The molecule has 0 aliphatic carbocycles. The van der Waals surface area contributed by atoms with Crippen molar-refractivity contribution in [1.82, 2.24) is 10.6 Å². The van der Waals surface area contributed by atoms with Crippen molar-refractivity contribution in [3.63, 3.8) is 0 Å². The highest BCUT2D eigenvalue weighted by Crippen LogP contribution is 2.12. The molecule has 1 atom stereocenters. The molecule has 1 aliphatic heterocycles. The second-order valence-corrected chi connectivity index (χ2v) is 6.36. The van der Waals surface area contributed by atoms with Crippen molar-refractivity contribution in [3.8, 4) is 5.75 Å². The quantitative estimate of drug-likeness (QED) is 0.204. The fraction of sp³-hybridized carbons (Fsp3) is 0.650. The molecule has 2 N–H and O–H groups in total. The maximum absolute atomic E-state index is 5.72. The summed E-state index contributed by atoms with van der Waals surface area (Å²) < 4.78 is 16.7. The first kappa shape index (κ1) is 24.0. The van der Waals surface area contributed by atoms with Gasteiger partial charge in [0.25, 0.3) is 0 Å². The zero-order valence-electron chi connectivity index (χ0n) is 16.3. The van der Waals surface area contributed by atoms with Crippen molar-refractivity contribution in [2.75, 3.05) is 52.7 Å². The summed E-state index contributed by atoms with van der Waals surface area (Å²) in [5.74, 6) is 2.35. The van der Waals surface area contributed by atoms with Crippen LogP contribution in [0.4, 0.5) is 0 Å². The maximum Gasteiger partial charge on any atom is 0.191 e. The summed E-state index contributed by atoms with van der Waals surface area (Å²) in [6.45, 7) is 8.51. The van der Waals surface area contributed by atoms with E-state index in [0.29, 0.717) is 12.5 Å². The molecule has 0 radical (unpaired) electrons. The molecule has 1 heterocycles. The third-order valence-electron chi connectivity index (χ3n) is 4.06. The van der Waals surface area contributed by atoms with Crippen LogP contribution in [-0.2, 0) is 9.47 Å². The first-order valence-electron chi connectivity index (χ1n) is 9.74. The smallest absolute Gasteiger partial charge is 0.191 e. The van der Waals surface area contributed by atoms with Crippen LogP contribution in [0, 0.1) is 5.92 Å². The molecule has 0 saturated carbocycles. The number of aliphatic imine (C=N–C) groups is 1. The van der Waals surface area contributed by atoms with Crippen molar-refractivity contribution in [3.05, 3.63) is 30.3 Å². The van der Waals surface area contributed by atoms with Gasteiger partial charge >= 0.3 is 0 Å². The molecule has 1 saturated heterocycles. The lowest BCUT2D eigenvalue weighted by Crippen LogP contribution is -2.38. The van der Waals surface area contributed by atoms with Crippen LogP contribution in [0.3, 0.4) is 0 Å². The van der Waals surface area contributed by atoms with Crippen LogP contribution < -0.4 is 15.4 Å². The van der Waals surface area contributed by atoms with Gasteiger partial charge in [-0.1, -0.05) is 18.2 Å². The van der Waals surface area contributed by atoms with Crippen molar-refractivity contribution >= 4 is 29.9 Å². The Labute approximate surface area is 180 Å². The number of guanidine groups is 1. The van der Waals surface area contributed by atoms with Gasteiger partial charge in [-0.2, -0.15) is 0 Å². The number of hydrogen-bond acceptors (Lipinski definition) is 4. The minimum absolute atomic E-state index is 0. The van der Waals surface area contributed by atoms with E-state index in [9.17, 15) is 0 Å². The van der Waals surface area contributed by atoms with Crippen LogP contribution in [0.2, 0.25) is 0 Å². The molecule has 1 aliphatic rings. The monoisotopic (exact) mass is 491 g/mol. The van der Waals surface area contributed by atoms with E-state index in [-0.39, 0.29) is 24.0 Å². The Morgan fingerprint density at radius 3 is 2.78 bits per heavy atom. The lowest BCUT2D eigenvalue weighted by Gasteiger charge is -2.12. The zero-order valence-corrected chi connectivity index (χ0v) is 18.7. The average Bonchev–Trinajstić information content (AvgIpc) is 3.18. The summed E-state index contributed by atoms with van der Waals surface area (Å²) >= 11 is 0. The van der Waals surface area contributed by atoms with Gasteiger partial charge in [0.05, 0.1) is 19.8 Å². The summed E-state index contributed by atoms with van der Waals surface area (Å²) in [5, 5.41) is 6.62. The van der Waals surface area contributed by atoms with Gasteiger partial charge in [-0.3, -0.25) is 4.99 Å². The van der Waals surface area contributed by atoms with Gasteiger partial charge in [-0.15, -0.1) is 24.0 Å². The Hall–Kier alpha value is -1.06. The molecule has 1 unspecified atom stereocenters. The standard InChI is InChI=1S/C20H33N3O3.HI/c1-2-21-20(22-11-6-13-24-16-18-10-15-25-17-18)23-12-7-14-26-19-8-4-3-5-9-19;/h3-5,8-9,18H,2,6-7,10-17H2,1H3,(H2,21,22,23);1H. The predicted octanol–water partition coefficient (Wildman–Crippen LogP) is 3.07. The maximum atomic E-state index is 5.72. The summed E-state index contributed by atoms with van der Waals surface area (Å²) in [7, 11) is 0. The molecular weight excluding hydrogens is 457 g/mol. The summed E-state index contributed by atoms with van der Waals surface area (Å²) in [4.78, 5) is 4.58. The molecule has 154 valence electrons. The second-order valence-electron chi connectivity index (χ2n) is 6.36. The fourth-order valence-electron chi connectivity index (χ4n) is 2.65. The van der Waals surface area contributed by atoms with Crippen LogP contribution in [0.25, 0.3) is 0 Å². The summed E-state index contributed by atoms with van der Waals surface area (Å²) in [6, 6.07) is 9.88. The normalized spacial score (nSPS) is 16.6. The number of hydrogen-bond donors (Lipinski definition) is 2. The van der Waals surface area contributed by atoms with E-state index in [4.69, 9.17) is 14.2 Å². The molecule has 0 bridgehead atoms. The molecule has 2 rings (SSSR count). The molecule has 1 fully saturated rings. The molecule has 0 amide bonds. The van der Waals surface area contributed by atoms with Crippen molar-refractivity contribution in [1.29, 1.82) is 0 Å². The van der Waals surface area contributed by atoms with Crippen LogP contribution in [-0.4, -0.2) is 58.6 Å². The summed E-state index contributed by atoms with van der Waals surface area (Å²) in [6.07, 6.45) is 2.98. The number of ether oxygens (including phenoxy) is 3. The van der Waals surface area contributed by atoms with Crippen molar-refractivity contribution < 1.29 is 14.2 Å². The third-order valence-corrected chi connectivity index (χ3v) is 4.06. The Bertz CT molecular complexity index is 497. The van der Waals surface area contributed by atoms with E-state index in [1.807, 2.05) is 30.3 Å². The summed E-state index contributed by atoms with van der Waals surface area (Å²) in [5.41, 5.74) is 0. The predicted molar refractivity (Wildman–Crippen MR) is 120 cm³/mol. The average molecular weight is 491 g/mol. The van der Waals surface area contributed by atoms with Gasteiger partial charge in [0.15, 0.2) is 5.96 Å². The minimum atomic E-state index is 0. The molecule has 1 aromatic rings. The van der Waals surface area contributed by atoms with Gasteiger partial charge in [0, 0.05) is 45.2 Å². The number of nitrogens with one attached hydrogen (secondary N) is 2. The number of benzene rings is 1. The first-order valence-corrected chi connectivity index (χ1v) is 9.74. The van der Waals surface area contributed by atoms with Gasteiger partial charge in [-0.25, -0.2) is 0 Å². The molecule has 6 nitrogen and oxygen atoms in total. The van der Waals surface area contributed by atoms with E-state index in [1.54, 1.807) is 0 Å². The van der Waals surface area contributed by atoms with Crippen LogP contribution in [0.15, 0.2) is 35.3 Å². The van der Waals surface area contributed by atoms with Gasteiger partial charge in [0.2, 0.25) is 0 Å². The minimum Gasteiger partial charge on any atom is -0.494 e. The SMILES string of the molecule is CCNC(=NCCCOc1ccccc1)NCCCOCC1CCOC1.I. The zero-order chi connectivity index (χ0) is 18.3. The topological polar surface area (TPSA) is 64.1 Å². The van der Waals surface area contributed by atoms with E-state index < -0.39 is 0 Å². The van der Waals surface area contributed by atoms with E-state index in [0.717, 1.165) is 77.0 Å². The second kappa shape index (κ2) is 15.9. The first-order chi connectivity index (χ1) is 12.9. The van der Waals surface area contributed by atoms with Crippen molar-refractivity contribution in [2.45, 2.75) is 26.2 Å². The Morgan fingerprint density at radius 2 is 2.04 bits per heavy atom. The molecule has 27 heavy (non-hydrogen) atoms. The Morgan fingerprint density at radius 1 is 1.19 bits per heavy atom. The molecule has 1 aromatic carbocycles. The molecule has 7 heteroatoms. The van der Waals surface area contributed by atoms with E-state index in [1.165, 1.54) is 0 Å². The third kappa shape index (κ3) is 11.4. The molecule has 0 spiro atoms. The largest absolute Gasteiger partial charge is 0.494 e. The van der Waals surface area contributed by atoms with E-state index >= 15 is 0 Å². The fourth-order valence-corrected chi connectivity index (χ4v) is 2.65. The number of nitrogens with zero attached hydrogens (tertiary/aromatic N) is 1. The molecule has 0 aromatic heterocycles. The highest BCUT2D eigenvalue weighted by Gasteiger charge is 2.15. The lowest BCUT2D eigenvalue weighted by molar-refractivity contribution is 0.0888. The van der Waals surface area contributed by atoms with Crippen LogP contribution in [0.1, 0.15) is 26.2 Å². The van der Waals surface area contributed by atoms with Crippen molar-refractivity contribution in [2.24, 2.45) is 10.9 Å². The highest BCUT2D eigenvalue weighted by molar-refractivity contribution is 14.0. The van der Waals surface area contributed by atoms with Crippen LogP contribution >= 0.6 is 24.0 Å². The van der Waals surface area contributed by atoms with Gasteiger partial charge in [-0.05, 0) is 31.9 Å². The number of para-hydroxylation sites is 1. The van der Waals surface area contributed by atoms with Crippen LogP contribution in [0.5, 0.6) is 5.75 Å². The Kier molecular flexibility index (Phi) is 14.2.